The molecule has 1 aromatic rings. The molecule has 1 aliphatic carbocycles. The molecule has 0 amide bonds. The topological polar surface area (TPSA) is 27.7 Å². The van der Waals surface area contributed by atoms with Gasteiger partial charge < -0.3 is 14.2 Å². The molecule has 0 aromatic heterocycles. The lowest BCUT2D eigenvalue weighted by atomic mass is 9.76. The molecule has 1 saturated carbocycles. The Balaban J connectivity index is 1.54. The molecular formula is C22H26F6O3. The largest absolute Gasteiger partial charge is 0.432 e. The number of ether oxygens (including phenoxy) is 3. The number of halogens is 6. The van der Waals surface area contributed by atoms with Gasteiger partial charge >= 0.3 is 18.2 Å². The molecule has 3 nitrogen and oxygen atoms in total. The van der Waals surface area contributed by atoms with Crippen LogP contribution in [0.25, 0.3) is 0 Å². The summed E-state index contributed by atoms with van der Waals surface area (Å²) >= 11 is 0. The van der Waals surface area contributed by atoms with E-state index in [4.69, 9.17) is 9.47 Å². The van der Waals surface area contributed by atoms with Gasteiger partial charge in [-0.3, -0.25) is 0 Å². The minimum Gasteiger partial charge on any atom is -0.432 e. The molecule has 1 saturated heterocycles. The van der Waals surface area contributed by atoms with Crippen LogP contribution < -0.4 is 9.47 Å². The zero-order valence-electron chi connectivity index (χ0n) is 17.2. The van der Waals surface area contributed by atoms with Crippen LogP contribution in [0.5, 0.6) is 11.5 Å². The van der Waals surface area contributed by atoms with Crippen LogP contribution in [0.1, 0.15) is 51.9 Å². The van der Waals surface area contributed by atoms with Crippen LogP contribution in [0, 0.1) is 23.6 Å². The smallest absolute Gasteiger partial charge is 0.400 e. The molecule has 0 radical (unpaired) electrons. The van der Waals surface area contributed by atoms with Crippen molar-refractivity contribution in [3.63, 3.8) is 0 Å². The van der Waals surface area contributed by atoms with Gasteiger partial charge in [-0.05, 0) is 62.5 Å². The van der Waals surface area contributed by atoms with Crippen LogP contribution in [-0.4, -0.2) is 18.8 Å². The third-order valence-corrected chi connectivity index (χ3v) is 6.26. The van der Waals surface area contributed by atoms with Crippen molar-refractivity contribution in [2.45, 2.75) is 64.1 Å². The van der Waals surface area contributed by atoms with Crippen LogP contribution in [0.15, 0.2) is 30.3 Å². The fourth-order valence-electron chi connectivity index (χ4n) is 4.35. The van der Waals surface area contributed by atoms with Crippen LogP contribution in [-0.2, 0) is 4.74 Å². The van der Waals surface area contributed by atoms with Gasteiger partial charge in [-0.1, -0.05) is 13.3 Å². The first-order valence-corrected chi connectivity index (χ1v) is 10.6. The molecule has 2 unspecified atom stereocenters. The maximum absolute atomic E-state index is 14.6. The van der Waals surface area contributed by atoms with Gasteiger partial charge in [-0.25, -0.2) is 4.39 Å². The predicted octanol–water partition coefficient (Wildman–Crippen LogP) is 7.22. The number of hydrogen-bond donors (Lipinski definition) is 0. The summed E-state index contributed by atoms with van der Waals surface area (Å²) in [4.78, 5) is 0. The van der Waals surface area contributed by atoms with Crippen LogP contribution >= 0.6 is 0 Å². The molecule has 3 rings (SSSR count). The van der Waals surface area contributed by atoms with E-state index >= 15 is 0 Å². The first-order chi connectivity index (χ1) is 14.7. The maximum atomic E-state index is 14.6. The van der Waals surface area contributed by atoms with Crippen molar-refractivity contribution < 1.29 is 40.6 Å². The first kappa shape index (κ1) is 23.8. The van der Waals surface area contributed by atoms with Crippen molar-refractivity contribution in [2.24, 2.45) is 17.8 Å². The summed E-state index contributed by atoms with van der Waals surface area (Å²) in [5.41, 5.74) is 0. The zero-order chi connectivity index (χ0) is 22.6. The minimum atomic E-state index is -3.53. The lowest BCUT2D eigenvalue weighted by Gasteiger charge is -2.39. The molecule has 174 valence electrons. The quantitative estimate of drug-likeness (QED) is 0.323. The van der Waals surface area contributed by atoms with E-state index in [2.05, 4.69) is 11.7 Å². The molecule has 1 heterocycles. The van der Waals surface area contributed by atoms with Crippen LogP contribution in [0.3, 0.4) is 0 Å². The third kappa shape index (κ3) is 6.08. The van der Waals surface area contributed by atoms with Gasteiger partial charge in [-0.2, -0.15) is 22.0 Å². The molecule has 2 atom stereocenters. The van der Waals surface area contributed by atoms with Crippen LogP contribution in [0.4, 0.5) is 26.3 Å². The molecular weight excluding hydrogens is 426 g/mol. The normalized spacial score (nSPS) is 26.9. The Morgan fingerprint density at radius 2 is 1.77 bits per heavy atom. The average molecular weight is 452 g/mol. The SMILES string of the molecule is CCC1CCC(C2CCC(C(F)(F)Oc3ccc(OC(F)=C(F)F)c(F)c3)CC2)OC1. The summed E-state index contributed by atoms with van der Waals surface area (Å²) in [6, 6.07) is -0.0362. The molecule has 0 bridgehead atoms. The summed E-state index contributed by atoms with van der Waals surface area (Å²) in [5, 5.41) is 0. The van der Waals surface area contributed by atoms with Crippen molar-refractivity contribution >= 4 is 0 Å². The van der Waals surface area contributed by atoms with Crippen molar-refractivity contribution in [3.8, 4) is 11.5 Å². The standard InChI is InChI=1S/C22H26F6O3/c1-2-13-3-9-18(29-12-13)14-4-6-15(7-5-14)22(27,28)31-16-8-10-19(17(23)11-16)30-21(26)20(24)25/h8,10-11,13-15,18H,2-7,9,12H2,1H3. The van der Waals surface area contributed by atoms with Gasteiger partial charge in [0.05, 0.1) is 12.0 Å². The minimum absolute atomic E-state index is 0.114. The van der Waals surface area contributed by atoms with Crippen molar-refractivity contribution in [1.82, 2.24) is 0 Å². The number of alkyl halides is 2. The predicted molar refractivity (Wildman–Crippen MR) is 101 cm³/mol. The zero-order valence-corrected chi connectivity index (χ0v) is 17.2. The number of rotatable bonds is 7. The molecule has 9 heteroatoms. The number of benzene rings is 1. The van der Waals surface area contributed by atoms with Gasteiger partial charge in [0.15, 0.2) is 11.6 Å². The van der Waals surface area contributed by atoms with E-state index < -0.39 is 41.4 Å². The molecule has 31 heavy (non-hydrogen) atoms. The molecule has 1 aliphatic heterocycles. The second kappa shape index (κ2) is 10.1. The van der Waals surface area contributed by atoms with E-state index in [0.717, 1.165) is 38.0 Å². The molecule has 1 aromatic carbocycles. The first-order valence-electron chi connectivity index (χ1n) is 10.6. The second-order valence-electron chi connectivity index (χ2n) is 8.23. The van der Waals surface area contributed by atoms with Crippen molar-refractivity contribution in [1.29, 1.82) is 0 Å². The van der Waals surface area contributed by atoms with E-state index in [1.807, 2.05) is 0 Å². The summed E-state index contributed by atoms with van der Waals surface area (Å²) in [6.07, 6.45) is -1.33. The van der Waals surface area contributed by atoms with E-state index in [1.165, 1.54) is 0 Å². The fraction of sp³-hybridized carbons (Fsp3) is 0.636. The van der Waals surface area contributed by atoms with E-state index in [9.17, 15) is 26.3 Å². The lowest BCUT2D eigenvalue weighted by Crippen LogP contribution is -2.40. The lowest BCUT2D eigenvalue weighted by molar-refractivity contribution is -0.225. The van der Waals surface area contributed by atoms with E-state index in [0.29, 0.717) is 24.8 Å². The summed E-state index contributed by atoms with van der Waals surface area (Å²) < 4.78 is 94.8. The Morgan fingerprint density at radius 1 is 1.06 bits per heavy atom. The second-order valence-corrected chi connectivity index (χ2v) is 8.23. The van der Waals surface area contributed by atoms with E-state index in [1.54, 1.807) is 0 Å². The monoisotopic (exact) mass is 452 g/mol. The third-order valence-electron chi connectivity index (χ3n) is 6.26. The van der Waals surface area contributed by atoms with Crippen molar-refractivity contribution in [3.05, 3.63) is 36.1 Å². The van der Waals surface area contributed by atoms with Crippen molar-refractivity contribution in [2.75, 3.05) is 6.61 Å². The highest BCUT2D eigenvalue weighted by molar-refractivity contribution is 5.34. The molecule has 0 spiro atoms. The molecule has 2 aliphatic rings. The summed E-state index contributed by atoms with van der Waals surface area (Å²) in [6.45, 7) is 2.86. The van der Waals surface area contributed by atoms with E-state index in [-0.39, 0.29) is 24.9 Å². The highest BCUT2D eigenvalue weighted by atomic mass is 19.3. The van der Waals surface area contributed by atoms with Gasteiger partial charge in [-0.15, -0.1) is 0 Å². The van der Waals surface area contributed by atoms with Gasteiger partial charge in [0.1, 0.15) is 5.75 Å². The average Bonchev–Trinajstić information content (AvgIpc) is 2.75. The summed E-state index contributed by atoms with van der Waals surface area (Å²) in [5.74, 6) is -2.87. The maximum Gasteiger partial charge on any atom is 0.400 e. The molecule has 0 N–H and O–H groups in total. The van der Waals surface area contributed by atoms with Crippen LogP contribution in [0.2, 0.25) is 0 Å². The highest BCUT2D eigenvalue weighted by Crippen LogP contribution is 2.43. The Hall–Kier alpha value is -1.90. The Bertz CT molecular complexity index is 765. The Morgan fingerprint density at radius 3 is 2.32 bits per heavy atom. The highest BCUT2D eigenvalue weighted by Gasteiger charge is 2.45. The van der Waals surface area contributed by atoms with Gasteiger partial charge in [0, 0.05) is 12.7 Å². The molecule has 2 fully saturated rings. The Labute approximate surface area is 177 Å². The Kier molecular flexibility index (Phi) is 7.78. The van der Waals surface area contributed by atoms with Gasteiger partial charge in [0.2, 0.25) is 0 Å². The van der Waals surface area contributed by atoms with Gasteiger partial charge in [0.25, 0.3) is 0 Å². The fourth-order valence-corrected chi connectivity index (χ4v) is 4.35. The number of hydrogen-bond acceptors (Lipinski definition) is 3. The summed E-state index contributed by atoms with van der Waals surface area (Å²) in [7, 11) is 0.